The van der Waals surface area contributed by atoms with Crippen molar-refractivity contribution in [2.45, 2.75) is 0 Å². The van der Waals surface area contributed by atoms with Gasteiger partial charge in [0.05, 0.1) is 29.2 Å². The number of nitrogens with zero attached hydrogens (tertiary/aromatic N) is 2. The number of fused-ring (bicyclic) bond motifs is 2. The van der Waals surface area contributed by atoms with E-state index in [9.17, 15) is 9.59 Å². The van der Waals surface area contributed by atoms with Crippen LogP contribution in [0.4, 0.5) is 5.69 Å². The van der Waals surface area contributed by atoms with Crippen LogP contribution >= 0.6 is 0 Å². The van der Waals surface area contributed by atoms with Crippen molar-refractivity contribution in [1.29, 1.82) is 0 Å². The highest BCUT2D eigenvalue weighted by molar-refractivity contribution is 6.14. The second-order valence-corrected chi connectivity index (χ2v) is 8.33. The van der Waals surface area contributed by atoms with E-state index < -0.39 is 0 Å². The number of aromatic nitrogens is 2. The Morgan fingerprint density at radius 1 is 0.889 bits per heavy atom. The molecule has 6 aromatic rings. The van der Waals surface area contributed by atoms with Gasteiger partial charge in [-0.1, -0.05) is 42.5 Å². The van der Waals surface area contributed by atoms with Gasteiger partial charge in [0.15, 0.2) is 12.0 Å². The van der Waals surface area contributed by atoms with E-state index in [0.717, 1.165) is 28.2 Å². The monoisotopic (exact) mass is 469 g/mol. The van der Waals surface area contributed by atoms with E-state index in [1.165, 1.54) is 0 Å². The minimum atomic E-state index is -0.297. The zero-order valence-electron chi connectivity index (χ0n) is 19.0. The molecule has 6 heteroatoms. The number of carbonyl (C=O) groups is 2. The molecule has 3 aromatic heterocycles. The van der Waals surface area contributed by atoms with Gasteiger partial charge in [0.2, 0.25) is 0 Å². The second kappa shape index (κ2) is 8.92. The molecule has 0 aliphatic carbocycles. The fourth-order valence-corrected chi connectivity index (χ4v) is 4.44. The Balaban J connectivity index is 1.54. The second-order valence-electron chi connectivity index (χ2n) is 8.33. The lowest BCUT2D eigenvalue weighted by molar-refractivity contribution is 0.102. The van der Waals surface area contributed by atoms with Gasteiger partial charge in [-0.3, -0.25) is 14.6 Å². The molecule has 0 spiro atoms. The van der Waals surface area contributed by atoms with Crippen molar-refractivity contribution in [2.24, 2.45) is 0 Å². The average molecular weight is 470 g/mol. The maximum atomic E-state index is 13.4. The number of nitrogens with one attached hydrogen (secondary N) is 1. The van der Waals surface area contributed by atoms with Crippen molar-refractivity contribution in [1.82, 2.24) is 9.97 Å². The Hall–Kier alpha value is -5.10. The average Bonchev–Trinajstić information content (AvgIpc) is 3.47. The van der Waals surface area contributed by atoms with Crippen LogP contribution in [0.1, 0.15) is 20.7 Å². The van der Waals surface area contributed by atoms with Crippen LogP contribution in [0.5, 0.6) is 0 Å². The predicted molar refractivity (Wildman–Crippen MR) is 140 cm³/mol. The molecule has 6 nitrogen and oxygen atoms in total. The molecule has 1 amide bonds. The quantitative estimate of drug-likeness (QED) is 0.282. The molecule has 0 saturated heterocycles. The first-order valence-electron chi connectivity index (χ1n) is 11.4. The van der Waals surface area contributed by atoms with Gasteiger partial charge in [-0.25, -0.2) is 4.98 Å². The van der Waals surface area contributed by atoms with Crippen molar-refractivity contribution < 1.29 is 14.0 Å². The largest absolute Gasteiger partial charge is 0.463 e. The lowest BCUT2D eigenvalue weighted by Gasteiger charge is -2.13. The summed E-state index contributed by atoms with van der Waals surface area (Å²) < 4.78 is 5.54. The number of furan rings is 1. The summed E-state index contributed by atoms with van der Waals surface area (Å²) in [5.74, 6) is 0.267. The van der Waals surface area contributed by atoms with Gasteiger partial charge in [-0.2, -0.15) is 0 Å². The van der Waals surface area contributed by atoms with Crippen molar-refractivity contribution >= 4 is 39.6 Å². The van der Waals surface area contributed by atoms with Gasteiger partial charge in [0.25, 0.3) is 5.91 Å². The minimum absolute atomic E-state index is 0.297. The number of pyridine rings is 2. The summed E-state index contributed by atoms with van der Waals surface area (Å²) in [7, 11) is 0. The van der Waals surface area contributed by atoms with Crippen molar-refractivity contribution in [3.05, 3.63) is 115 Å². The van der Waals surface area contributed by atoms with Crippen LogP contribution in [0.2, 0.25) is 0 Å². The third-order valence-electron chi connectivity index (χ3n) is 6.15. The molecule has 0 saturated carbocycles. The number of hydrogen-bond acceptors (Lipinski definition) is 5. The van der Waals surface area contributed by atoms with E-state index in [0.29, 0.717) is 39.2 Å². The van der Waals surface area contributed by atoms with E-state index in [1.54, 1.807) is 49.0 Å². The Kier molecular flexibility index (Phi) is 5.31. The standard InChI is InChI=1S/C30H19N3O3/c34-18-26-22-7-2-1-5-19(22)9-11-23(26)20-10-12-27-24(15-20)25(16-28(33-27)29-8-4-14-36-29)30(35)32-21-6-3-13-31-17-21/h1-18H,(H,32,35). The number of amides is 1. The Bertz CT molecular complexity index is 1740. The first-order valence-corrected chi connectivity index (χ1v) is 11.4. The lowest BCUT2D eigenvalue weighted by Crippen LogP contribution is -2.13. The first kappa shape index (κ1) is 21.4. The summed E-state index contributed by atoms with van der Waals surface area (Å²) in [5.41, 5.74) is 4.42. The van der Waals surface area contributed by atoms with Crippen LogP contribution in [0.15, 0.2) is 108 Å². The maximum absolute atomic E-state index is 13.4. The molecule has 0 bridgehead atoms. The normalized spacial score (nSPS) is 11.0. The molecule has 0 fully saturated rings. The fraction of sp³-hybridized carbons (Fsp3) is 0. The molecular weight excluding hydrogens is 450 g/mol. The van der Waals surface area contributed by atoms with E-state index in [4.69, 9.17) is 9.40 Å². The van der Waals surface area contributed by atoms with Crippen molar-refractivity contribution in [2.75, 3.05) is 5.32 Å². The molecular formula is C30H19N3O3. The van der Waals surface area contributed by atoms with E-state index >= 15 is 0 Å². The predicted octanol–water partition coefficient (Wildman–Crippen LogP) is 6.77. The summed E-state index contributed by atoms with van der Waals surface area (Å²) >= 11 is 0. The van der Waals surface area contributed by atoms with Gasteiger partial charge in [-0.05, 0) is 64.4 Å². The zero-order chi connectivity index (χ0) is 24.5. The van der Waals surface area contributed by atoms with Crippen molar-refractivity contribution in [3.63, 3.8) is 0 Å². The molecule has 36 heavy (non-hydrogen) atoms. The lowest BCUT2D eigenvalue weighted by atomic mass is 9.93. The van der Waals surface area contributed by atoms with Gasteiger partial charge >= 0.3 is 0 Å². The van der Waals surface area contributed by atoms with Gasteiger partial charge in [-0.15, -0.1) is 0 Å². The van der Waals surface area contributed by atoms with Gasteiger partial charge < -0.3 is 9.73 Å². The Morgan fingerprint density at radius 3 is 2.61 bits per heavy atom. The third-order valence-corrected chi connectivity index (χ3v) is 6.15. The van der Waals surface area contributed by atoms with Crippen LogP contribution in [0, 0.1) is 0 Å². The summed E-state index contributed by atoms with van der Waals surface area (Å²) in [6.07, 6.45) is 5.69. The van der Waals surface area contributed by atoms with Crippen molar-refractivity contribution in [3.8, 4) is 22.6 Å². The van der Waals surface area contributed by atoms with Crippen LogP contribution in [-0.4, -0.2) is 22.2 Å². The number of rotatable bonds is 5. The molecule has 3 aromatic carbocycles. The number of benzene rings is 3. The molecule has 172 valence electrons. The van der Waals surface area contributed by atoms with Gasteiger partial charge in [0.1, 0.15) is 5.69 Å². The fourth-order valence-electron chi connectivity index (χ4n) is 4.44. The zero-order valence-corrected chi connectivity index (χ0v) is 19.0. The summed E-state index contributed by atoms with van der Waals surface area (Å²) in [6, 6.07) is 26.2. The highest BCUT2D eigenvalue weighted by atomic mass is 16.3. The Labute approximate surface area is 206 Å². The molecule has 6 rings (SSSR count). The van der Waals surface area contributed by atoms with Crippen LogP contribution < -0.4 is 5.32 Å². The van der Waals surface area contributed by atoms with Crippen LogP contribution in [0.3, 0.4) is 0 Å². The van der Waals surface area contributed by atoms with E-state index in [-0.39, 0.29) is 5.91 Å². The molecule has 1 N–H and O–H groups in total. The topological polar surface area (TPSA) is 85.1 Å². The van der Waals surface area contributed by atoms with Crippen LogP contribution in [-0.2, 0) is 0 Å². The van der Waals surface area contributed by atoms with Crippen LogP contribution in [0.25, 0.3) is 44.3 Å². The summed E-state index contributed by atoms with van der Waals surface area (Å²) in [6.45, 7) is 0. The first-order chi connectivity index (χ1) is 17.7. The summed E-state index contributed by atoms with van der Waals surface area (Å²) in [5, 5.41) is 5.45. The highest BCUT2D eigenvalue weighted by Crippen LogP contribution is 2.33. The number of anilines is 1. The molecule has 0 aliphatic heterocycles. The number of aldehydes is 1. The van der Waals surface area contributed by atoms with E-state index in [1.807, 2.05) is 54.6 Å². The highest BCUT2D eigenvalue weighted by Gasteiger charge is 2.17. The maximum Gasteiger partial charge on any atom is 0.256 e. The summed E-state index contributed by atoms with van der Waals surface area (Å²) in [4.78, 5) is 34.4. The number of hydrogen-bond donors (Lipinski definition) is 1. The third kappa shape index (κ3) is 3.80. The SMILES string of the molecule is O=Cc1c(-c2ccc3nc(-c4ccco4)cc(C(=O)Nc4cccnc4)c3c2)ccc2ccccc12. The number of carbonyl (C=O) groups excluding carboxylic acids is 2. The Morgan fingerprint density at radius 2 is 1.81 bits per heavy atom. The van der Waals surface area contributed by atoms with Gasteiger partial charge in [0, 0.05) is 17.1 Å². The molecule has 0 atom stereocenters. The van der Waals surface area contributed by atoms with E-state index in [2.05, 4.69) is 10.3 Å². The molecule has 3 heterocycles. The molecule has 0 radical (unpaired) electrons. The minimum Gasteiger partial charge on any atom is -0.463 e. The molecule has 0 unspecified atom stereocenters. The molecule has 0 aliphatic rings. The smallest absolute Gasteiger partial charge is 0.256 e.